The number of hydrogen-bond donors (Lipinski definition) is 1. The smallest absolute Gasteiger partial charge is 0.118 e. The van der Waals surface area contributed by atoms with Gasteiger partial charge in [0.25, 0.3) is 0 Å². The number of aryl methyl sites for hydroxylation is 1. The van der Waals surface area contributed by atoms with E-state index >= 15 is 0 Å². The normalized spacial score (nSPS) is 27.4. The molecule has 15 heavy (non-hydrogen) atoms. The number of furan rings is 1. The van der Waals surface area contributed by atoms with Gasteiger partial charge in [-0.15, -0.1) is 0 Å². The summed E-state index contributed by atoms with van der Waals surface area (Å²) >= 11 is 0. The minimum absolute atomic E-state index is 0.251. The van der Waals surface area contributed by atoms with Crippen LogP contribution >= 0.6 is 0 Å². The molecule has 1 N–H and O–H groups in total. The van der Waals surface area contributed by atoms with E-state index in [0.717, 1.165) is 24.6 Å². The van der Waals surface area contributed by atoms with Crippen molar-refractivity contribution < 1.29 is 9.52 Å². The Bertz CT molecular complexity index is 321. The Kier molecular flexibility index (Phi) is 3.12. The lowest BCUT2D eigenvalue weighted by Gasteiger charge is -2.23. The van der Waals surface area contributed by atoms with Crippen LogP contribution in [0.25, 0.3) is 0 Å². The van der Waals surface area contributed by atoms with Crippen molar-refractivity contribution in [2.75, 3.05) is 13.2 Å². The summed E-state index contributed by atoms with van der Waals surface area (Å²) < 4.78 is 5.55. The van der Waals surface area contributed by atoms with Gasteiger partial charge < -0.3 is 9.52 Å². The molecular weight excluding hydrogens is 190 g/mol. The van der Waals surface area contributed by atoms with Gasteiger partial charge in [0.05, 0.1) is 13.2 Å². The maximum absolute atomic E-state index is 9.32. The van der Waals surface area contributed by atoms with Gasteiger partial charge in [-0.05, 0) is 37.9 Å². The maximum atomic E-state index is 9.32. The topological polar surface area (TPSA) is 36.6 Å². The van der Waals surface area contributed by atoms with Gasteiger partial charge >= 0.3 is 0 Å². The summed E-state index contributed by atoms with van der Waals surface area (Å²) in [7, 11) is 0. The van der Waals surface area contributed by atoms with Gasteiger partial charge in [-0.25, -0.2) is 0 Å². The zero-order chi connectivity index (χ0) is 10.8. The summed E-state index contributed by atoms with van der Waals surface area (Å²) in [6.45, 7) is 6.30. The van der Waals surface area contributed by atoms with Crippen molar-refractivity contribution in [1.82, 2.24) is 4.90 Å². The van der Waals surface area contributed by atoms with Crippen LogP contribution in [0.4, 0.5) is 0 Å². The van der Waals surface area contributed by atoms with Gasteiger partial charge in [0.1, 0.15) is 11.5 Å². The van der Waals surface area contributed by atoms with Crippen LogP contribution in [-0.4, -0.2) is 29.2 Å². The van der Waals surface area contributed by atoms with Crippen molar-refractivity contribution in [2.24, 2.45) is 5.92 Å². The SMILES string of the molecule is Cc1ccc(CN2CCC(C)C2CO)o1. The second-order valence-corrected chi connectivity index (χ2v) is 4.50. The Morgan fingerprint density at radius 2 is 2.33 bits per heavy atom. The van der Waals surface area contributed by atoms with Crippen LogP contribution in [0.1, 0.15) is 24.9 Å². The van der Waals surface area contributed by atoms with Crippen molar-refractivity contribution >= 4 is 0 Å². The Morgan fingerprint density at radius 3 is 2.93 bits per heavy atom. The third kappa shape index (κ3) is 2.24. The second-order valence-electron chi connectivity index (χ2n) is 4.50. The fourth-order valence-electron chi connectivity index (χ4n) is 2.35. The van der Waals surface area contributed by atoms with E-state index in [-0.39, 0.29) is 6.61 Å². The Hall–Kier alpha value is -0.800. The molecule has 0 aromatic carbocycles. The predicted octanol–water partition coefficient (Wildman–Crippen LogP) is 1.79. The van der Waals surface area contributed by atoms with Crippen molar-refractivity contribution in [3.05, 3.63) is 23.7 Å². The highest BCUT2D eigenvalue weighted by molar-refractivity contribution is 5.06. The highest BCUT2D eigenvalue weighted by Crippen LogP contribution is 2.25. The van der Waals surface area contributed by atoms with Crippen LogP contribution in [0, 0.1) is 12.8 Å². The first-order valence-corrected chi connectivity index (χ1v) is 5.61. The molecule has 0 radical (unpaired) electrons. The number of aliphatic hydroxyl groups is 1. The van der Waals surface area contributed by atoms with Gasteiger partial charge in [-0.2, -0.15) is 0 Å². The van der Waals surface area contributed by atoms with E-state index < -0.39 is 0 Å². The minimum Gasteiger partial charge on any atom is -0.465 e. The van der Waals surface area contributed by atoms with Crippen LogP contribution in [0.2, 0.25) is 0 Å². The number of rotatable bonds is 3. The minimum atomic E-state index is 0.251. The van der Waals surface area contributed by atoms with Gasteiger partial charge in [0.15, 0.2) is 0 Å². The van der Waals surface area contributed by atoms with Crippen molar-refractivity contribution in [3.8, 4) is 0 Å². The third-order valence-corrected chi connectivity index (χ3v) is 3.34. The molecule has 2 atom stereocenters. The summed E-state index contributed by atoms with van der Waals surface area (Å²) in [5.74, 6) is 2.55. The van der Waals surface area contributed by atoms with Crippen LogP contribution in [0.5, 0.6) is 0 Å². The molecule has 2 rings (SSSR count). The average Bonchev–Trinajstić information content (AvgIpc) is 2.75. The molecule has 1 aromatic heterocycles. The predicted molar refractivity (Wildman–Crippen MR) is 58.5 cm³/mol. The zero-order valence-corrected chi connectivity index (χ0v) is 9.44. The molecular formula is C12H19NO2. The highest BCUT2D eigenvalue weighted by atomic mass is 16.3. The molecule has 3 nitrogen and oxygen atoms in total. The monoisotopic (exact) mass is 209 g/mol. The molecule has 0 bridgehead atoms. The molecule has 2 unspecified atom stereocenters. The lowest BCUT2D eigenvalue weighted by molar-refractivity contribution is 0.127. The molecule has 1 aromatic rings. The Labute approximate surface area is 90.7 Å². The van der Waals surface area contributed by atoms with E-state index in [2.05, 4.69) is 11.8 Å². The van der Waals surface area contributed by atoms with Crippen LogP contribution < -0.4 is 0 Å². The van der Waals surface area contributed by atoms with Crippen molar-refractivity contribution in [2.45, 2.75) is 32.9 Å². The number of likely N-dealkylation sites (tertiary alicyclic amines) is 1. The molecule has 1 saturated heterocycles. The summed E-state index contributed by atoms with van der Waals surface area (Å²) in [4.78, 5) is 2.31. The van der Waals surface area contributed by atoms with Crippen LogP contribution in [-0.2, 0) is 6.54 Å². The summed E-state index contributed by atoms with van der Waals surface area (Å²) in [6.07, 6.45) is 1.17. The summed E-state index contributed by atoms with van der Waals surface area (Å²) in [5, 5.41) is 9.32. The molecule has 0 saturated carbocycles. The van der Waals surface area contributed by atoms with E-state index in [0.29, 0.717) is 12.0 Å². The van der Waals surface area contributed by atoms with Crippen LogP contribution in [0.15, 0.2) is 16.5 Å². The first kappa shape index (κ1) is 10.7. The van der Waals surface area contributed by atoms with Gasteiger partial charge in [-0.3, -0.25) is 4.90 Å². The van der Waals surface area contributed by atoms with Gasteiger partial charge in [-0.1, -0.05) is 6.92 Å². The van der Waals surface area contributed by atoms with Crippen molar-refractivity contribution in [1.29, 1.82) is 0 Å². The Balaban J connectivity index is 2.00. The van der Waals surface area contributed by atoms with Crippen LogP contribution in [0.3, 0.4) is 0 Å². The fraction of sp³-hybridized carbons (Fsp3) is 0.667. The molecule has 1 aliphatic rings. The number of aliphatic hydroxyl groups excluding tert-OH is 1. The third-order valence-electron chi connectivity index (χ3n) is 3.34. The second kappa shape index (κ2) is 4.37. The first-order valence-electron chi connectivity index (χ1n) is 5.61. The average molecular weight is 209 g/mol. The van der Waals surface area contributed by atoms with E-state index in [1.807, 2.05) is 19.1 Å². The van der Waals surface area contributed by atoms with E-state index in [4.69, 9.17) is 4.42 Å². The number of hydrogen-bond acceptors (Lipinski definition) is 3. The van der Waals surface area contributed by atoms with Crippen molar-refractivity contribution in [3.63, 3.8) is 0 Å². The first-order chi connectivity index (χ1) is 7.20. The quantitative estimate of drug-likeness (QED) is 0.824. The maximum Gasteiger partial charge on any atom is 0.118 e. The standard InChI is InChI=1S/C12H19NO2/c1-9-5-6-13(12(9)8-14)7-11-4-3-10(2)15-11/h3-4,9,12,14H,5-8H2,1-2H3. The van der Waals surface area contributed by atoms with Gasteiger partial charge in [0, 0.05) is 6.04 Å². The lowest BCUT2D eigenvalue weighted by Crippen LogP contribution is -2.34. The highest BCUT2D eigenvalue weighted by Gasteiger charge is 2.30. The van der Waals surface area contributed by atoms with E-state index in [9.17, 15) is 5.11 Å². The molecule has 0 amide bonds. The molecule has 0 spiro atoms. The summed E-state index contributed by atoms with van der Waals surface area (Å²) in [6, 6.07) is 4.31. The molecule has 3 heteroatoms. The zero-order valence-electron chi connectivity index (χ0n) is 9.44. The lowest BCUT2D eigenvalue weighted by atomic mass is 10.0. The van der Waals surface area contributed by atoms with Gasteiger partial charge in [0.2, 0.25) is 0 Å². The molecule has 84 valence electrons. The molecule has 1 aliphatic heterocycles. The molecule has 0 aliphatic carbocycles. The Morgan fingerprint density at radius 1 is 1.53 bits per heavy atom. The molecule has 1 fully saturated rings. The largest absolute Gasteiger partial charge is 0.465 e. The van der Waals surface area contributed by atoms with E-state index in [1.165, 1.54) is 6.42 Å². The molecule has 2 heterocycles. The fourth-order valence-corrected chi connectivity index (χ4v) is 2.35. The summed E-state index contributed by atoms with van der Waals surface area (Å²) in [5.41, 5.74) is 0. The van der Waals surface area contributed by atoms with E-state index in [1.54, 1.807) is 0 Å². The number of nitrogens with zero attached hydrogens (tertiary/aromatic N) is 1.